The van der Waals surface area contributed by atoms with Crippen molar-refractivity contribution in [2.45, 2.75) is 25.4 Å². The predicted molar refractivity (Wildman–Crippen MR) is 105 cm³/mol. The number of aromatic nitrogens is 4. The second-order valence-electron chi connectivity index (χ2n) is 7.44. The summed E-state index contributed by atoms with van der Waals surface area (Å²) in [5.74, 6) is 0.997. The highest BCUT2D eigenvalue weighted by molar-refractivity contribution is 5.98. The van der Waals surface area contributed by atoms with Crippen molar-refractivity contribution in [3.05, 3.63) is 24.5 Å². The minimum absolute atomic E-state index is 0.239. The molecule has 1 fully saturated rings. The number of anilines is 1. The van der Waals surface area contributed by atoms with Crippen LogP contribution in [0.2, 0.25) is 0 Å². The van der Waals surface area contributed by atoms with Gasteiger partial charge in [0, 0.05) is 37.5 Å². The number of benzene rings is 1. The second-order valence-corrected chi connectivity index (χ2v) is 7.44. The quantitative estimate of drug-likeness (QED) is 0.642. The van der Waals surface area contributed by atoms with Crippen molar-refractivity contribution in [2.24, 2.45) is 7.05 Å². The summed E-state index contributed by atoms with van der Waals surface area (Å²) in [6, 6.07) is 3.55. The number of hydrogen-bond donors (Lipinski definition) is 3. The summed E-state index contributed by atoms with van der Waals surface area (Å²) in [5, 5.41) is 17.1. The molecule has 28 heavy (non-hydrogen) atoms. The van der Waals surface area contributed by atoms with Gasteiger partial charge in [0.05, 0.1) is 18.9 Å². The van der Waals surface area contributed by atoms with E-state index in [4.69, 9.17) is 4.74 Å². The van der Waals surface area contributed by atoms with E-state index in [2.05, 4.69) is 20.4 Å². The summed E-state index contributed by atoms with van der Waals surface area (Å²) < 4.78 is 7.17. The van der Waals surface area contributed by atoms with Crippen LogP contribution in [0.1, 0.15) is 19.8 Å². The second kappa shape index (κ2) is 6.83. The Balaban J connectivity index is 1.62. The van der Waals surface area contributed by atoms with Gasteiger partial charge in [-0.25, -0.2) is 9.78 Å². The van der Waals surface area contributed by atoms with Crippen molar-refractivity contribution in [3.63, 3.8) is 0 Å². The number of imidazole rings is 1. The topological polar surface area (TPSA) is 108 Å². The van der Waals surface area contributed by atoms with Crippen LogP contribution in [-0.4, -0.2) is 61.6 Å². The largest absolute Gasteiger partial charge is 0.494 e. The average Bonchev–Trinajstić information content (AvgIpc) is 3.26. The lowest BCUT2D eigenvalue weighted by molar-refractivity contribution is 0.00569. The van der Waals surface area contributed by atoms with Gasteiger partial charge in [-0.2, -0.15) is 5.10 Å². The number of aliphatic hydroxyl groups is 1. The molecule has 0 aliphatic carbocycles. The molecule has 1 aliphatic rings. The lowest BCUT2D eigenvalue weighted by Crippen LogP contribution is -2.46. The molecule has 3 aromatic rings. The molecule has 0 spiro atoms. The number of aryl methyl sites for hydroxylation is 1. The molecule has 148 valence electrons. The minimum Gasteiger partial charge on any atom is -0.494 e. The third-order valence-electron chi connectivity index (χ3n) is 5.20. The third-order valence-corrected chi connectivity index (χ3v) is 5.20. The predicted octanol–water partition coefficient (Wildman–Crippen LogP) is 2.35. The van der Waals surface area contributed by atoms with Crippen LogP contribution in [0.15, 0.2) is 24.5 Å². The number of amides is 2. The molecule has 3 heterocycles. The molecule has 4 rings (SSSR count). The lowest BCUT2D eigenvalue weighted by Gasteiger charge is -2.35. The van der Waals surface area contributed by atoms with Gasteiger partial charge >= 0.3 is 6.03 Å². The molecule has 0 bridgehead atoms. The molecule has 2 amide bonds. The number of urea groups is 1. The number of nitrogens with one attached hydrogen (secondary N) is 2. The van der Waals surface area contributed by atoms with Crippen LogP contribution >= 0.6 is 0 Å². The first-order chi connectivity index (χ1) is 13.4. The van der Waals surface area contributed by atoms with E-state index in [1.54, 1.807) is 29.8 Å². The Morgan fingerprint density at radius 3 is 2.75 bits per heavy atom. The Kier molecular flexibility index (Phi) is 4.46. The monoisotopic (exact) mass is 384 g/mol. The number of fused-ring (bicyclic) bond motifs is 1. The zero-order valence-corrected chi connectivity index (χ0v) is 16.2. The Labute approximate surface area is 162 Å². The van der Waals surface area contributed by atoms with Gasteiger partial charge in [0.25, 0.3) is 0 Å². The van der Waals surface area contributed by atoms with Crippen LogP contribution in [0.4, 0.5) is 10.7 Å². The number of piperidine rings is 1. The van der Waals surface area contributed by atoms with Crippen LogP contribution < -0.4 is 10.1 Å². The Morgan fingerprint density at radius 2 is 2.11 bits per heavy atom. The van der Waals surface area contributed by atoms with E-state index in [1.807, 2.05) is 25.4 Å². The number of rotatable bonds is 3. The molecule has 2 aromatic heterocycles. The number of methoxy groups -OCH3 is 1. The molecule has 0 radical (unpaired) electrons. The van der Waals surface area contributed by atoms with E-state index in [-0.39, 0.29) is 6.03 Å². The smallest absolute Gasteiger partial charge is 0.324 e. The zero-order valence-electron chi connectivity index (χ0n) is 16.2. The summed E-state index contributed by atoms with van der Waals surface area (Å²) in [6.07, 6.45) is 4.79. The standard InChI is InChI=1S/C19H24N6O3/c1-19(27)6-8-25(9-7-19)18(26)23-17-21-15-13(12-10-20-24(2)11-12)4-5-14(28-3)16(15)22-17/h4-5,10-11,27H,6-9H2,1-3H3,(H2,21,22,23,26). The maximum atomic E-state index is 12.6. The number of H-pyrrole nitrogens is 1. The van der Waals surface area contributed by atoms with E-state index in [9.17, 15) is 9.90 Å². The molecule has 3 N–H and O–H groups in total. The Bertz CT molecular complexity index is 1010. The Morgan fingerprint density at radius 1 is 1.36 bits per heavy atom. The fraction of sp³-hybridized carbons (Fsp3) is 0.421. The Hall–Kier alpha value is -3.07. The molecule has 0 unspecified atom stereocenters. The summed E-state index contributed by atoms with van der Waals surface area (Å²) in [4.78, 5) is 22.0. The number of carbonyl (C=O) groups excluding carboxylic acids is 1. The molecule has 1 saturated heterocycles. The molecular formula is C19H24N6O3. The number of carbonyl (C=O) groups is 1. The molecule has 1 aromatic carbocycles. The SMILES string of the molecule is COc1ccc(-c2cnn(C)c2)c2nc(NC(=O)N3CCC(C)(O)CC3)[nH]c12. The number of likely N-dealkylation sites (tertiary alicyclic amines) is 1. The first kappa shape index (κ1) is 18.3. The molecule has 0 atom stereocenters. The van der Waals surface area contributed by atoms with E-state index in [1.165, 1.54) is 0 Å². The van der Waals surface area contributed by atoms with E-state index in [0.29, 0.717) is 48.7 Å². The van der Waals surface area contributed by atoms with Crippen molar-refractivity contribution in [3.8, 4) is 16.9 Å². The van der Waals surface area contributed by atoms with Gasteiger partial charge in [0.1, 0.15) is 16.8 Å². The van der Waals surface area contributed by atoms with E-state index < -0.39 is 5.60 Å². The highest BCUT2D eigenvalue weighted by Crippen LogP contribution is 2.33. The third kappa shape index (κ3) is 3.40. The van der Waals surface area contributed by atoms with Gasteiger partial charge in [-0.1, -0.05) is 0 Å². The fourth-order valence-electron chi connectivity index (χ4n) is 3.46. The van der Waals surface area contributed by atoms with Gasteiger partial charge in [0.15, 0.2) is 0 Å². The van der Waals surface area contributed by atoms with Crippen LogP contribution in [0.3, 0.4) is 0 Å². The maximum Gasteiger partial charge on any atom is 0.324 e. The highest BCUT2D eigenvalue weighted by atomic mass is 16.5. The van der Waals surface area contributed by atoms with Gasteiger partial charge in [-0.05, 0) is 31.9 Å². The van der Waals surface area contributed by atoms with Gasteiger partial charge in [-0.15, -0.1) is 0 Å². The number of ether oxygens (including phenoxy) is 1. The van der Waals surface area contributed by atoms with Gasteiger partial charge < -0.3 is 19.7 Å². The summed E-state index contributed by atoms with van der Waals surface area (Å²) in [5.41, 5.74) is 2.53. The van der Waals surface area contributed by atoms with Crippen LogP contribution in [-0.2, 0) is 7.05 Å². The van der Waals surface area contributed by atoms with Crippen molar-refractivity contribution in [1.29, 1.82) is 0 Å². The molecule has 1 aliphatic heterocycles. The summed E-state index contributed by atoms with van der Waals surface area (Å²) in [6.45, 7) is 2.81. The molecule has 9 heteroatoms. The molecular weight excluding hydrogens is 360 g/mol. The van der Waals surface area contributed by atoms with Crippen LogP contribution in [0.25, 0.3) is 22.2 Å². The van der Waals surface area contributed by atoms with Crippen LogP contribution in [0.5, 0.6) is 5.75 Å². The van der Waals surface area contributed by atoms with E-state index in [0.717, 1.165) is 11.1 Å². The zero-order chi connectivity index (χ0) is 19.9. The lowest BCUT2D eigenvalue weighted by atomic mass is 9.94. The number of nitrogens with zero attached hydrogens (tertiary/aromatic N) is 4. The van der Waals surface area contributed by atoms with Crippen molar-refractivity contribution in [2.75, 3.05) is 25.5 Å². The summed E-state index contributed by atoms with van der Waals surface area (Å²) >= 11 is 0. The average molecular weight is 384 g/mol. The van der Waals surface area contributed by atoms with Crippen molar-refractivity contribution < 1.29 is 14.6 Å². The van der Waals surface area contributed by atoms with E-state index >= 15 is 0 Å². The number of aromatic amines is 1. The normalized spacial score (nSPS) is 16.4. The van der Waals surface area contributed by atoms with Crippen LogP contribution in [0, 0.1) is 0 Å². The van der Waals surface area contributed by atoms with Gasteiger partial charge in [0.2, 0.25) is 5.95 Å². The minimum atomic E-state index is -0.706. The molecule has 9 nitrogen and oxygen atoms in total. The highest BCUT2D eigenvalue weighted by Gasteiger charge is 2.30. The first-order valence-corrected chi connectivity index (χ1v) is 9.20. The first-order valence-electron chi connectivity index (χ1n) is 9.20. The molecule has 0 saturated carbocycles. The number of hydrogen-bond acceptors (Lipinski definition) is 5. The van der Waals surface area contributed by atoms with Gasteiger partial charge in [-0.3, -0.25) is 10.00 Å². The fourth-order valence-corrected chi connectivity index (χ4v) is 3.46. The van der Waals surface area contributed by atoms with Crippen molar-refractivity contribution >= 4 is 23.0 Å². The van der Waals surface area contributed by atoms with Crippen molar-refractivity contribution in [1.82, 2.24) is 24.6 Å². The maximum absolute atomic E-state index is 12.6. The summed E-state index contributed by atoms with van der Waals surface area (Å²) in [7, 11) is 3.45.